The van der Waals surface area contributed by atoms with E-state index in [1.54, 1.807) is 0 Å². The predicted octanol–water partition coefficient (Wildman–Crippen LogP) is 3.26. The van der Waals surface area contributed by atoms with Gasteiger partial charge in [0.05, 0.1) is 5.60 Å². The molecule has 0 aliphatic heterocycles. The molecule has 0 aromatic heterocycles. The number of hydrogen-bond donors (Lipinski definition) is 1. The molecule has 0 saturated heterocycles. The Morgan fingerprint density at radius 3 is 2.33 bits per heavy atom. The first kappa shape index (κ1) is 10.0. The molecule has 1 aliphatic rings. The summed E-state index contributed by atoms with van der Waals surface area (Å²) in [6, 6.07) is 0. The highest BCUT2D eigenvalue weighted by Crippen LogP contribution is 2.32. The molecule has 1 nitrogen and oxygen atoms in total. The van der Waals surface area contributed by atoms with Gasteiger partial charge < -0.3 is 5.11 Å². The second-order valence-corrected chi connectivity index (χ2v) is 4.24. The Labute approximate surface area is 76.2 Å². The largest absolute Gasteiger partial charge is 0.390 e. The third kappa shape index (κ3) is 3.14. The van der Waals surface area contributed by atoms with Crippen LogP contribution in [0.1, 0.15) is 64.7 Å². The summed E-state index contributed by atoms with van der Waals surface area (Å²) in [6.07, 6.45) is 10.7. The van der Waals surface area contributed by atoms with Gasteiger partial charge in [0.1, 0.15) is 0 Å². The summed E-state index contributed by atoms with van der Waals surface area (Å²) in [5.74, 6) is 0. The van der Waals surface area contributed by atoms with Crippen molar-refractivity contribution in [3.8, 4) is 0 Å². The van der Waals surface area contributed by atoms with Crippen LogP contribution in [0.15, 0.2) is 0 Å². The third-order valence-corrected chi connectivity index (χ3v) is 3.03. The highest BCUT2D eigenvalue weighted by atomic mass is 16.3. The quantitative estimate of drug-likeness (QED) is 0.642. The van der Waals surface area contributed by atoms with Gasteiger partial charge in [0.2, 0.25) is 0 Å². The molecule has 0 spiro atoms. The molecule has 72 valence electrons. The lowest BCUT2D eigenvalue weighted by Crippen LogP contribution is -2.30. The zero-order chi connectivity index (χ0) is 8.86. The van der Waals surface area contributed by atoms with Crippen LogP contribution in [0.2, 0.25) is 0 Å². The van der Waals surface area contributed by atoms with Crippen LogP contribution >= 0.6 is 0 Å². The molecule has 12 heavy (non-hydrogen) atoms. The van der Waals surface area contributed by atoms with Gasteiger partial charge >= 0.3 is 0 Å². The second-order valence-electron chi connectivity index (χ2n) is 4.24. The lowest BCUT2D eigenvalue weighted by atomic mass is 9.81. The highest BCUT2D eigenvalue weighted by Gasteiger charge is 2.27. The van der Waals surface area contributed by atoms with Crippen molar-refractivity contribution < 1.29 is 5.11 Å². The molecule has 0 amide bonds. The maximum Gasteiger partial charge on any atom is 0.0647 e. The first-order valence-electron chi connectivity index (χ1n) is 5.49. The van der Waals surface area contributed by atoms with Gasteiger partial charge in [-0.1, -0.05) is 45.4 Å². The standard InChI is InChI=1S/C11H22O/c1-2-3-5-8-11(12)9-6-4-7-10-11/h12H,2-10H2,1H3. The summed E-state index contributed by atoms with van der Waals surface area (Å²) in [5.41, 5.74) is -0.270. The van der Waals surface area contributed by atoms with E-state index in [2.05, 4.69) is 6.92 Å². The highest BCUT2D eigenvalue weighted by molar-refractivity contribution is 4.81. The van der Waals surface area contributed by atoms with Crippen molar-refractivity contribution in [2.45, 2.75) is 70.3 Å². The molecule has 1 rings (SSSR count). The predicted molar refractivity (Wildman–Crippen MR) is 52.2 cm³/mol. The SMILES string of the molecule is CCCCCC1(O)CCCCC1. The van der Waals surface area contributed by atoms with Gasteiger partial charge in [-0.2, -0.15) is 0 Å². The van der Waals surface area contributed by atoms with E-state index in [0.717, 1.165) is 19.3 Å². The molecule has 1 aliphatic carbocycles. The first-order valence-corrected chi connectivity index (χ1v) is 5.49. The van der Waals surface area contributed by atoms with Crippen molar-refractivity contribution in [2.24, 2.45) is 0 Å². The van der Waals surface area contributed by atoms with Gasteiger partial charge in [0.15, 0.2) is 0 Å². The summed E-state index contributed by atoms with van der Waals surface area (Å²) in [6.45, 7) is 2.21. The third-order valence-electron chi connectivity index (χ3n) is 3.03. The number of aliphatic hydroxyl groups is 1. The van der Waals surface area contributed by atoms with E-state index in [1.165, 1.54) is 38.5 Å². The number of unbranched alkanes of at least 4 members (excludes halogenated alkanes) is 2. The summed E-state index contributed by atoms with van der Waals surface area (Å²) < 4.78 is 0. The Balaban J connectivity index is 2.17. The lowest BCUT2D eigenvalue weighted by molar-refractivity contribution is -0.00577. The zero-order valence-corrected chi connectivity index (χ0v) is 8.31. The number of rotatable bonds is 4. The summed E-state index contributed by atoms with van der Waals surface area (Å²) >= 11 is 0. The minimum absolute atomic E-state index is 0.270. The molecule has 1 saturated carbocycles. The Morgan fingerprint density at radius 2 is 1.75 bits per heavy atom. The fourth-order valence-electron chi connectivity index (χ4n) is 2.16. The van der Waals surface area contributed by atoms with Crippen molar-refractivity contribution in [3.05, 3.63) is 0 Å². The van der Waals surface area contributed by atoms with Gasteiger partial charge in [0.25, 0.3) is 0 Å². The Morgan fingerprint density at radius 1 is 1.08 bits per heavy atom. The molecule has 1 N–H and O–H groups in total. The van der Waals surface area contributed by atoms with Gasteiger partial charge in [-0.3, -0.25) is 0 Å². The molecular formula is C11H22O. The van der Waals surface area contributed by atoms with Crippen molar-refractivity contribution >= 4 is 0 Å². The molecule has 0 atom stereocenters. The van der Waals surface area contributed by atoms with Gasteiger partial charge in [0, 0.05) is 0 Å². The van der Waals surface area contributed by atoms with Crippen LogP contribution in [0.4, 0.5) is 0 Å². The van der Waals surface area contributed by atoms with Crippen LogP contribution in [0.5, 0.6) is 0 Å². The minimum Gasteiger partial charge on any atom is -0.390 e. The van der Waals surface area contributed by atoms with E-state index in [-0.39, 0.29) is 5.60 Å². The summed E-state index contributed by atoms with van der Waals surface area (Å²) in [4.78, 5) is 0. The van der Waals surface area contributed by atoms with Crippen LogP contribution in [-0.2, 0) is 0 Å². The summed E-state index contributed by atoms with van der Waals surface area (Å²) in [7, 11) is 0. The van der Waals surface area contributed by atoms with E-state index in [0.29, 0.717) is 0 Å². The van der Waals surface area contributed by atoms with Gasteiger partial charge in [-0.15, -0.1) is 0 Å². The van der Waals surface area contributed by atoms with Crippen LogP contribution < -0.4 is 0 Å². The van der Waals surface area contributed by atoms with Crippen molar-refractivity contribution in [1.29, 1.82) is 0 Å². The van der Waals surface area contributed by atoms with E-state index in [4.69, 9.17) is 0 Å². The van der Waals surface area contributed by atoms with Crippen LogP contribution in [0, 0.1) is 0 Å². The maximum absolute atomic E-state index is 10.1. The van der Waals surface area contributed by atoms with E-state index >= 15 is 0 Å². The number of hydrogen-bond acceptors (Lipinski definition) is 1. The minimum atomic E-state index is -0.270. The Bertz CT molecular complexity index is 114. The first-order chi connectivity index (χ1) is 5.77. The normalized spacial score (nSPS) is 22.5. The fourth-order valence-corrected chi connectivity index (χ4v) is 2.16. The smallest absolute Gasteiger partial charge is 0.0647 e. The van der Waals surface area contributed by atoms with Crippen molar-refractivity contribution in [3.63, 3.8) is 0 Å². The lowest BCUT2D eigenvalue weighted by Gasteiger charge is -2.32. The molecule has 0 unspecified atom stereocenters. The molecule has 0 aromatic rings. The average Bonchev–Trinajstić information content (AvgIpc) is 2.06. The van der Waals surface area contributed by atoms with Crippen molar-refractivity contribution in [2.75, 3.05) is 0 Å². The van der Waals surface area contributed by atoms with E-state index < -0.39 is 0 Å². The zero-order valence-electron chi connectivity index (χ0n) is 8.31. The second kappa shape index (κ2) is 4.86. The topological polar surface area (TPSA) is 20.2 Å². The van der Waals surface area contributed by atoms with Crippen molar-refractivity contribution in [1.82, 2.24) is 0 Å². The summed E-state index contributed by atoms with van der Waals surface area (Å²) in [5, 5.41) is 10.1. The molecule has 0 radical (unpaired) electrons. The van der Waals surface area contributed by atoms with Gasteiger partial charge in [-0.05, 0) is 19.3 Å². The van der Waals surface area contributed by atoms with E-state index in [9.17, 15) is 5.11 Å². The molecule has 1 fully saturated rings. The Hall–Kier alpha value is -0.0400. The van der Waals surface area contributed by atoms with Crippen LogP contribution in [-0.4, -0.2) is 10.7 Å². The van der Waals surface area contributed by atoms with Gasteiger partial charge in [-0.25, -0.2) is 0 Å². The molecule has 0 heterocycles. The van der Waals surface area contributed by atoms with Crippen LogP contribution in [0.3, 0.4) is 0 Å². The maximum atomic E-state index is 10.1. The monoisotopic (exact) mass is 170 g/mol. The fraction of sp³-hybridized carbons (Fsp3) is 1.00. The molecule has 0 bridgehead atoms. The Kier molecular flexibility index (Phi) is 4.07. The molecule has 1 heteroatoms. The van der Waals surface area contributed by atoms with E-state index in [1.807, 2.05) is 0 Å². The molecule has 0 aromatic carbocycles. The average molecular weight is 170 g/mol. The van der Waals surface area contributed by atoms with Crippen LogP contribution in [0.25, 0.3) is 0 Å². The molecular weight excluding hydrogens is 148 g/mol.